The van der Waals surface area contributed by atoms with Crippen LogP contribution in [-0.2, 0) is 9.59 Å². The first-order valence-corrected chi connectivity index (χ1v) is 3.48. The van der Waals surface area contributed by atoms with Crippen molar-refractivity contribution in [2.24, 2.45) is 10.7 Å². The lowest BCUT2D eigenvalue weighted by atomic mass is 10.2. The number of rotatable bonds is 5. The van der Waals surface area contributed by atoms with Crippen molar-refractivity contribution < 1.29 is 30.0 Å². The number of carbonyl (C=O) groups is 2. The molecule has 0 aromatic carbocycles. The number of amidine groups is 1. The largest absolute Gasteiger partial charge is 0.481 e. The zero-order chi connectivity index (χ0) is 11.3. The predicted molar refractivity (Wildman–Crippen MR) is 43.5 cm³/mol. The van der Waals surface area contributed by atoms with Gasteiger partial charge < -0.3 is 26.2 Å². The average molecular weight is 206 g/mol. The summed E-state index contributed by atoms with van der Waals surface area (Å²) in [5.41, 5.74) is 4.92. The molecule has 0 radical (unpaired) electrons. The van der Waals surface area contributed by atoms with Crippen LogP contribution in [0.25, 0.3) is 0 Å². The van der Waals surface area contributed by atoms with E-state index in [-0.39, 0.29) is 0 Å². The Bertz CT molecular complexity index is 261. The number of carboxylic acid groups (broad SMARTS) is 2. The van der Waals surface area contributed by atoms with E-state index in [0.29, 0.717) is 0 Å². The smallest absolute Gasteiger partial charge is 0.329 e. The molecule has 0 saturated carbocycles. The number of aliphatic carboxylic acids is 2. The number of nitrogens with zero attached hydrogens (tertiary/aromatic N) is 1. The van der Waals surface area contributed by atoms with Crippen molar-refractivity contribution in [2.75, 3.05) is 0 Å². The fourth-order valence-electron chi connectivity index (χ4n) is 0.600. The quantitative estimate of drug-likeness (QED) is 0.190. The monoisotopic (exact) mass is 206 g/mol. The van der Waals surface area contributed by atoms with E-state index in [1.54, 1.807) is 0 Å². The van der Waals surface area contributed by atoms with E-state index in [1.165, 1.54) is 0 Å². The third-order valence-electron chi connectivity index (χ3n) is 1.22. The van der Waals surface area contributed by atoms with Crippen molar-refractivity contribution in [2.45, 2.75) is 18.8 Å². The maximum atomic E-state index is 10.4. The van der Waals surface area contributed by atoms with Crippen molar-refractivity contribution in [1.29, 1.82) is 0 Å². The Morgan fingerprint density at radius 2 is 1.79 bits per heavy atom. The van der Waals surface area contributed by atoms with Crippen molar-refractivity contribution in [3.05, 3.63) is 0 Å². The summed E-state index contributed by atoms with van der Waals surface area (Å²) in [6.45, 7) is 0. The first-order chi connectivity index (χ1) is 6.34. The number of nitrogens with two attached hydrogens (primary N) is 1. The molecule has 6 N–H and O–H groups in total. The molecule has 0 amide bonds. The highest BCUT2D eigenvalue weighted by Gasteiger charge is 2.21. The average Bonchev–Trinajstić information content (AvgIpc) is 2.01. The third kappa shape index (κ3) is 4.38. The summed E-state index contributed by atoms with van der Waals surface area (Å²) in [5, 5.41) is 33.6. The second-order valence-corrected chi connectivity index (χ2v) is 2.38. The summed E-state index contributed by atoms with van der Waals surface area (Å²) in [6.07, 6.45) is -2.87. The van der Waals surface area contributed by atoms with Crippen LogP contribution in [0.4, 0.5) is 0 Å². The molecule has 0 rings (SSSR count). The van der Waals surface area contributed by atoms with Gasteiger partial charge in [0.1, 0.15) is 0 Å². The highest BCUT2D eigenvalue weighted by Crippen LogP contribution is 1.99. The van der Waals surface area contributed by atoms with Gasteiger partial charge in [-0.05, 0) is 0 Å². The van der Waals surface area contributed by atoms with Gasteiger partial charge in [0.2, 0.25) is 6.29 Å². The number of hydrogen-bond acceptors (Lipinski definition) is 5. The molecule has 1 atom stereocenters. The lowest BCUT2D eigenvalue weighted by molar-refractivity contribution is -0.144. The van der Waals surface area contributed by atoms with Gasteiger partial charge in [-0.15, -0.1) is 0 Å². The molecule has 0 spiro atoms. The van der Waals surface area contributed by atoms with Crippen LogP contribution in [-0.4, -0.2) is 50.5 Å². The standard InChI is InChI=1S/C6H10N2O6/c7-4(6(13)14)8-2(5(11)12)1-3(9)10/h2,6,13-14H,1H2,(H2,7,8)(H,9,10)(H,11,12)/t2-/m0/s1. The van der Waals surface area contributed by atoms with E-state index < -0.39 is 36.5 Å². The summed E-state index contributed by atoms with van der Waals surface area (Å²) in [7, 11) is 0. The van der Waals surface area contributed by atoms with Gasteiger partial charge in [-0.1, -0.05) is 0 Å². The Kier molecular flexibility index (Phi) is 4.53. The van der Waals surface area contributed by atoms with Crippen LogP contribution >= 0.6 is 0 Å². The molecule has 0 saturated heterocycles. The van der Waals surface area contributed by atoms with Crippen molar-refractivity contribution >= 4 is 17.8 Å². The molecular weight excluding hydrogens is 196 g/mol. The maximum Gasteiger partial charge on any atom is 0.329 e. The van der Waals surface area contributed by atoms with Crippen molar-refractivity contribution in [3.8, 4) is 0 Å². The third-order valence-corrected chi connectivity index (χ3v) is 1.22. The fourth-order valence-corrected chi connectivity index (χ4v) is 0.600. The lowest BCUT2D eigenvalue weighted by Gasteiger charge is -2.07. The second kappa shape index (κ2) is 5.14. The summed E-state index contributed by atoms with van der Waals surface area (Å²) in [6, 6.07) is -1.62. The normalized spacial score (nSPS) is 14.1. The van der Waals surface area contributed by atoms with Crippen LogP contribution < -0.4 is 5.73 Å². The molecule has 0 aromatic heterocycles. The molecule has 0 aliphatic rings. The van der Waals surface area contributed by atoms with E-state index in [9.17, 15) is 9.59 Å². The SMILES string of the molecule is NC(=N[C@@H](CC(=O)O)C(=O)O)C(O)O. The van der Waals surface area contributed by atoms with E-state index in [1.807, 2.05) is 0 Å². The molecule has 0 bridgehead atoms. The Balaban J connectivity index is 4.60. The van der Waals surface area contributed by atoms with E-state index in [2.05, 4.69) is 4.99 Å². The van der Waals surface area contributed by atoms with Crippen LogP contribution in [0.3, 0.4) is 0 Å². The first kappa shape index (κ1) is 12.3. The molecule has 0 unspecified atom stereocenters. The number of aliphatic hydroxyl groups excluding tert-OH is 1. The summed E-state index contributed by atoms with van der Waals surface area (Å²) in [5.74, 6) is -3.61. The minimum absolute atomic E-state index is 0.737. The molecule has 8 heteroatoms. The van der Waals surface area contributed by atoms with Gasteiger partial charge in [-0.25, -0.2) is 4.79 Å². The maximum absolute atomic E-state index is 10.4. The minimum atomic E-state index is -2.09. The van der Waals surface area contributed by atoms with Crippen LogP contribution in [0.5, 0.6) is 0 Å². The van der Waals surface area contributed by atoms with E-state index in [0.717, 1.165) is 0 Å². The number of carboxylic acids is 2. The Morgan fingerprint density at radius 1 is 1.29 bits per heavy atom. The van der Waals surface area contributed by atoms with Crippen LogP contribution in [0.15, 0.2) is 4.99 Å². The number of hydrogen-bond donors (Lipinski definition) is 5. The van der Waals surface area contributed by atoms with E-state index in [4.69, 9.17) is 26.2 Å². The van der Waals surface area contributed by atoms with Crippen molar-refractivity contribution in [1.82, 2.24) is 0 Å². The fraction of sp³-hybridized carbons (Fsp3) is 0.500. The first-order valence-electron chi connectivity index (χ1n) is 3.48. The van der Waals surface area contributed by atoms with Gasteiger partial charge in [-0.2, -0.15) is 0 Å². The molecule has 0 aliphatic heterocycles. The topological polar surface area (TPSA) is 153 Å². The zero-order valence-corrected chi connectivity index (χ0v) is 6.99. The molecule has 0 aliphatic carbocycles. The van der Waals surface area contributed by atoms with Gasteiger partial charge in [0.05, 0.1) is 6.42 Å². The summed E-state index contributed by atoms with van der Waals surface area (Å²) in [4.78, 5) is 23.7. The zero-order valence-electron chi connectivity index (χ0n) is 6.99. The molecule has 0 fully saturated rings. The Morgan fingerprint density at radius 3 is 2.07 bits per heavy atom. The molecule has 8 nitrogen and oxygen atoms in total. The number of aliphatic hydroxyl groups is 2. The van der Waals surface area contributed by atoms with E-state index >= 15 is 0 Å². The van der Waals surface area contributed by atoms with Crippen molar-refractivity contribution in [3.63, 3.8) is 0 Å². The Labute approximate surface area is 78.3 Å². The highest BCUT2D eigenvalue weighted by atomic mass is 16.5. The summed E-state index contributed by atoms with van der Waals surface area (Å²) >= 11 is 0. The predicted octanol–water partition coefficient (Wildman–Crippen LogP) is -2.42. The minimum Gasteiger partial charge on any atom is -0.481 e. The number of aliphatic imine (C=N–C) groups is 1. The molecule has 0 heterocycles. The van der Waals surface area contributed by atoms with Crippen LogP contribution in [0, 0.1) is 0 Å². The molecular formula is C6H10N2O6. The lowest BCUT2D eigenvalue weighted by Crippen LogP contribution is -2.32. The van der Waals surface area contributed by atoms with Gasteiger partial charge in [-0.3, -0.25) is 9.79 Å². The highest BCUT2D eigenvalue weighted by molar-refractivity contribution is 5.88. The van der Waals surface area contributed by atoms with Crippen LogP contribution in [0.2, 0.25) is 0 Å². The Hall–Kier alpha value is -1.67. The molecule has 80 valence electrons. The second-order valence-electron chi connectivity index (χ2n) is 2.38. The summed E-state index contributed by atoms with van der Waals surface area (Å²) < 4.78 is 0. The van der Waals surface area contributed by atoms with Gasteiger partial charge >= 0.3 is 11.9 Å². The molecule has 0 aromatic rings. The van der Waals surface area contributed by atoms with Crippen LogP contribution in [0.1, 0.15) is 6.42 Å². The van der Waals surface area contributed by atoms with Gasteiger partial charge in [0.25, 0.3) is 0 Å². The van der Waals surface area contributed by atoms with Gasteiger partial charge in [0.15, 0.2) is 11.9 Å². The molecule has 14 heavy (non-hydrogen) atoms. The van der Waals surface area contributed by atoms with Gasteiger partial charge in [0, 0.05) is 0 Å².